The third-order valence-electron chi connectivity index (χ3n) is 7.66. The standard InChI is InChI=1S/C20H30O3/c1-19-8-6-15-14-7-9-20(22-10-11-23-20)12-13(14)2-3-16(15)17(19)4-5-18(19)21/h12,14-18,21H,2-11H2,1H3/t14-,15+,16+,17-,18-,19-/m0/s1/i5D2,18D. The summed E-state index contributed by atoms with van der Waals surface area (Å²) in [4.78, 5) is 0. The second-order valence-corrected chi connectivity index (χ2v) is 8.53. The first-order chi connectivity index (χ1) is 12.2. The van der Waals surface area contributed by atoms with Crippen LogP contribution in [0.4, 0.5) is 0 Å². The Morgan fingerprint density at radius 1 is 1.17 bits per heavy atom. The zero-order valence-corrected chi connectivity index (χ0v) is 14.0. The molecule has 0 amide bonds. The predicted octanol–water partition coefficient (Wildman–Crippen LogP) is 3.66. The smallest absolute Gasteiger partial charge is 0.188 e. The van der Waals surface area contributed by atoms with Gasteiger partial charge in [0, 0.05) is 9.16 Å². The molecule has 3 heteroatoms. The summed E-state index contributed by atoms with van der Waals surface area (Å²) in [5.74, 6) is 1.15. The second kappa shape index (κ2) is 5.06. The molecule has 0 bridgehead atoms. The van der Waals surface area contributed by atoms with Crippen molar-refractivity contribution in [2.45, 2.75) is 70.1 Å². The number of hydrogen-bond acceptors (Lipinski definition) is 3. The molecule has 0 aromatic heterocycles. The molecule has 1 spiro atoms. The summed E-state index contributed by atoms with van der Waals surface area (Å²) in [5.41, 5.74) is 0.844. The average Bonchev–Trinajstić information content (AvgIpc) is 3.09. The Kier molecular flexibility index (Phi) is 2.65. The van der Waals surface area contributed by atoms with Crippen LogP contribution in [0.2, 0.25) is 0 Å². The second-order valence-electron chi connectivity index (χ2n) is 8.53. The molecule has 1 aliphatic heterocycles. The average molecular weight is 321 g/mol. The van der Waals surface area contributed by atoms with Crippen molar-refractivity contribution in [2.75, 3.05) is 13.2 Å². The number of rotatable bonds is 0. The molecule has 6 atom stereocenters. The number of hydrogen-bond donors (Lipinski definition) is 1. The van der Waals surface area contributed by atoms with Crippen molar-refractivity contribution >= 4 is 0 Å². The molecule has 1 heterocycles. The van der Waals surface area contributed by atoms with Crippen molar-refractivity contribution in [2.24, 2.45) is 29.1 Å². The van der Waals surface area contributed by atoms with Gasteiger partial charge in [0.2, 0.25) is 0 Å². The Hall–Kier alpha value is -0.380. The highest BCUT2D eigenvalue weighted by Gasteiger charge is 2.56. The van der Waals surface area contributed by atoms with Gasteiger partial charge in [-0.15, -0.1) is 0 Å². The Balaban J connectivity index is 1.45. The molecule has 3 saturated carbocycles. The minimum atomic E-state index is -1.98. The third-order valence-corrected chi connectivity index (χ3v) is 7.66. The Morgan fingerprint density at radius 3 is 2.83 bits per heavy atom. The molecule has 0 radical (unpaired) electrons. The first kappa shape index (κ1) is 12.1. The fraction of sp³-hybridized carbons (Fsp3) is 0.900. The van der Waals surface area contributed by atoms with E-state index in [1.165, 1.54) is 5.57 Å². The molecule has 128 valence electrons. The lowest BCUT2D eigenvalue weighted by Crippen LogP contribution is -2.48. The lowest BCUT2D eigenvalue weighted by molar-refractivity contribution is -0.135. The maximum atomic E-state index is 10.8. The van der Waals surface area contributed by atoms with Gasteiger partial charge in [-0.05, 0) is 80.1 Å². The zero-order valence-electron chi connectivity index (χ0n) is 17.0. The highest BCUT2D eigenvalue weighted by atomic mass is 16.7. The van der Waals surface area contributed by atoms with Gasteiger partial charge in [0.1, 0.15) is 0 Å². The van der Waals surface area contributed by atoms with E-state index in [2.05, 4.69) is 6.08 Å². The molecule has 1 saturated heterocycles. The quantitative estimate of drug-likeness (QED) is 0.692. The van der Waals surface area contributed by atoms with Crippen LogP contribution in [0.5, 0.6) is 0 Å². The Morgan fingerprint density at radius 2 is 2.00 bits per heavy atom. The van der Waals surface area contributed by atoms with Gasteiger partial charge >= 0.3 is 0 Å². The van der Waals surface area contributed by atoms with Crippen LogP contribution in [0.25, 0.3) is 0 Å². The molecule has 3 nitrogen and oxygen atoms in total. The fourth-order valence-corrected chi connectivity index (χ4v) is 6.41. The van der Waals surface area contributed by atoms with Gasteiger partial charge in [0.15, 0.2) is 5.79 Å². The van der Waals surface area contributed by atoms with Crippen molar-refractivity contribution in [3.05, 3.63) is 11.6 Å². The van der Waals surface area contributed by atoms with Gasteiger partial charge in [-0.1, -0.05) is 12.5 Å². The molecule has 23 heavy (non-hydrogen) atoms. The van der Waals surface area contributed by atoms with Gasteiger partial charge < -0.3 is 14.6 Å². The van der Waals surface area contributed by atoms with Crippen molar-refractivity contribution in [3.8, 4) is 0 Å². The summed E-state index contributed by atoms with van der Waals surface area (Å²) in [5, 5.41) is 10.8. The molecule has 4 fully saturated rings. The number of allylic oxidation sites excluding steroid dienone is 1. The van der Waals surface area contributed by atoms with Crippen molar-refractivity contribution < 1.29 is 18.7 Å². The minimum Gasteiger partial charge on any atom is -0.393 e. The Bertz CT molecular complexity index is 640. The fourth-order valence-electron chi connectivity index (χ4n) is 6.41. The SMILES string of the molecule is [2H]C1([2H])C[C@H]2[C@@H]3CCC4=CC5(CC[C@@H]4[C@H]3CC[C@]2(C)[C@@]1([2H])O)OCCO5. The highest BCUT2D eigenvalue weighted by Crippen LogP contribution is 2.62. The van der Waals surface area contributed by atoms with Crippen LogP contribution in [0.1, 0.15) is 62.4 Å². The minimum absolute atomic E-state index is 0.107. The van der Waals surface area contributed by atoms with Crippen LogP contribution in [0.3, 0.4) is 0 Å². The van der Waals surface area contributed by atoms with Crippen molar-refractivity contribution in [3.63, 3.8) is 0 Å². The van der Waals surface area contributed by atoms with Gasteiger partial charge in [-0.2, -0.15) is 0 Å². The van der Waals surface area contributed by atoms with E-state index in [0.717, 1.165) is 38.5 Å². The first-order valence-electron chi connectivity index (χ1n) is 10.9. The topological polar surface area (TPSA) is 38.7 Å². The van der Waals surface area contributed by atoms with E-state index in [4.69, 9.17) is 13.6 Å². The molecule has 0 aromatic rings. The van der Waals surface area contributed by atoms with Gasteiger partial charge in [0.05, 0.1) is 20.7 Å². The number of ether oxygens (including phenoxy) is 2. The van der Waals surface area contributed by atoms with Crippen LogP contribution in [-0.2, 0) is 9.47 Å². The van der Waals surface area contributed by atoms with Gasteiger partial charge in [-0.25, -0.2) is 0 Å². The summed E-state index contributed by atoms with van der Waals surface area (Å²) in [7, 11) is 0. The summed E-state index contributed by atoms with van der Waals surface area (Å²) in [6.07, 6.45) is 4.57. The third kappa shape index (κ3) is 2.06. The molecule has 0 aromatic carbocycles. The predicted molar refractivity (Wildman–Crippen MR) is 87.7 cm³/mol. The highest BCUT2D eigenvalue weighted by molar-refractivity contribution is 5.22. The lowest BCUT2D eigenvalue weighted by atomic mass is 9.52. The first-order valence-corrected chi connectivity index (χ1v) is 9.41. The van der Waals surface area contributed by atoms with Crippen LogP contribution in [0, 0.1) is 29.1 Å². The normalized spacial score (nSPS) is 58.3. The van der Waals surface area contributed by atoms with Crippen LogP contribution in [-0.4, -0.2) is 30.2 Å². The van der Waals surface area contributed by atoms with E-state index in [9.17, 15) is 5.11 Å². The van der Waals surface area contributed by atoms with E-state index in [-0.39, 0.29) is 5.92 Å². The summed E-state index contributed by atoms with van der Waals surface area (Å²) < 4.78 is 36.8. The lowest BCUT2D eigenvalue weighted by Gasteiger charge is -2.54. The van der Waals surface area contributed by atoms with Crippen molar-refractivity contribution in [1.29, 1.82) is 0 Å². The van der Waals surface area contributed by atoms with E-state index < -0.39 is 23.7 Å². The largest absolute Gasteiger partial charge is 0.393 e. The monoisotopic (exact) mass is 321 g/mol. The number of fused-ring (bicyclic) bond motifs is 5. The summed E-state index contributed by atoms with van der Waals surface area (Å²) >= 11 is 0. The zero-order chi connectivity index (χ0) is 18.4. The van der Waals surface area contributed by atoms with Crippen LogP contribution >= 0.6 is 0 Å². The van der Waals surface area contributed by atoms with E-state index in [1.807, 2.05) is 6.92 Å². The maximum absolute atomic E-state index is 10.8. The van der Waals surface area contributed by atoms with Gasteiger partial charge in [0.25, 0.3) is 0 Å². The maximum Gasteiger partial charge on any atom is 0.188 e. The molecule has 1 N–H and O–H groups in total. The summed E-state index contributed by atoms with van der Waals surface area (Å²) in [6, 6.07) is 0. The van der Waals surface area contributed by atoms with Crippen molar-refractivity contribution in [1.82, 2.24) is 0 Å². The number of aliphatic hydroxyl groups is 1. The molecule has 5 aliphatic rings. The molecular formula is C20H30O3. The molecule has 5 rings (SSSR count). The van der Waals surface area contributed by atoms with E-state index in [0.29, 0.717) is 37.4 Å². The molecular weight excluding hydrogens is 288 g/mol. The molecule has 4 aliphatic carbocycles. The van der Waals surface area contributed by atoms with E-state index in [1.54, 1.807) is 0 Å². The van der Waals surface area contributed by atoms with Crippen LogP contribution in [0.15, 0.2) is 11.6 Å². The van der Waals surface area contributed by atoms with E-state index >= 15 is 0 Å². The Labute approximate surface area is 143 Å². The summed E-state index contributed by atoms with van der Waals surface area (Å²) in [6.45, 7) is 3.32. The van der Waals surface area contributed by atoms with Gasteiger partial charge in [-0.3, -0.25) is 0 Å². The van der Waals surface area contributed by atoms with Crippen LogP contribution < -0.4 is 0 Å². The molecule has 0 unspecified atom stereocenters.